The van der Waals surface area contributed by atoms with Crippen LogP contribution >= 0.6 is 11.6 Å². The van der Waals surface area contributed by atoms with Gasteiger partial charge in [0.1, 0.15) is 5.82 Å². The van der Waals surface area contributed by atoms with Gasteiger partial charge in [-0.3, -0.25) is 4.79 Å². The summed E-state index contributed by atoms with van der Waals surface area (Å²) in [5.41, 5.74) is 2.43. The molecule has 2 aromatic rings. The summed E-state index contributed by atoms with van der Waals surface area (Å²) in [5, 5.41) is 4.85. The van der Waals surface area contributed by atoms with E-state index in [1.54, 1.807) is 11.0 Å². The molecule has 0 spiro atoms. The second-order valence-electron chi connectivity index (χ2n) is 7.78. The minimum absolute atomic E-state index is 0.0499. The molecule has 0 saturated heterocycles. The topological polar surface area (TPSA) is 41.9 Å². The van der Waals surface area contributed by atoms with Gasteiger partial charge in [0, 0.05) is 29.5 Å². The van der Waals surface area contributed by atoms with Gasteiger partial charge in [-0.2, -0.15) is 0 Å². The first kappa shape index (κ1) is 19.9. The lowest BCUT2D eigenvalue weighted by atomic mass is 10.0. The third kappa shape index (κ3) is 4.78. The predicted octanol–water partition coefficient (Wildman–Crippen LogP) is 5.19. The molecule has 1 fully saturated rings. The molecule has 0 radical (unpaired) electrons. The van der Waals surface area contributed by atoms with E-state index >= 15 is 0 Å². The van der Waals surface area contributed by atoms with Gasteiger partial charge in [0.05, 0.1) is 12.3 Å². The zero-order valence-electron chi connectivity index (χ0n) is 16.2. The predicted molar refractivity (Wildman–Crippen MR) is 111 cm³/mol. The summed E-state index contributed by atoms with van der Waals surface area (Å²) in [5.74, 6) is -0.118. The monoisotopic (exact) mass is 414 g/mol. The zero-order chi connectivity index (χ0) is 20.2. The van der Waals surface area contributed by atoms with Gasteiger partial charge in [0.25, 0.3) is 0 Å². The van der Waals surface area contributed by atoms with Gasteiger partial charge < -0.3 is 9.74 Å². The van der Waals surface area contributed by atoms with Crippen LogP contribution in [0.4, 0.5) is 4.39 Å². The Balaban J connectivity index is 1.47. The fraction of sp³-hybridized carbons (Fsp3) is 0.391. The molecule has 1 atom stereocenters. The number of nitrogens with zero attached hydrogens (tertiary/aromatic N) is 2. The minimum atomic E-state index is -0.294. The number of amides is 1. The maximum absolute atomic E-state index is 13.6. The highest BCUT2D eigenvalue weighted by Crippen LogP contribution is 2.29. The SMILES string of the molecule is O=C(C1CCCC1)N(Cc1cccc(F)c1)C[C@H]1CC(c2ccccc2Cl)=NO1. The fourth-order valence-corrected chi connectivity index (χ4v) is 4.39. The molecule has 1 heterocycles. The Labute approximate surface area is 175 Å². The second kappa shape index (κ2) is 8.95. The van der Waals surface area contributed by atoms with Gasteiger partial charge in [-0.25, -0.2) is 4.39 Å². The van der Waals surface area contributed by atoms with Gasteiger partial charge in [0.2, 0.25) is 5.91 Å². The van der Waals surface area contributed by atoms with Crippen LogP contribution in [0.2, 0.25) is 5.02 Å². The van der Waals surface area contributed by atoms with E-state index in [9.17, 15) is 9.18 Å². The van der Waals surface area contributed by atoms with Gasteiger partial charge in [-0.1, -0.05) is 59.9 Å². The van der Waals surface area contributed by atoms with Crippen molar-refractivity contribution in [2.75, 3.05) is 6.54 Å². The number of benzene rings is 2. The van der Waals surface area contributed by atoms with Gasteiger partial charge in [-0.15, -0.1) is 0 Å². The Bertz CT molecular complexity index is 911. The van der Waals surface area contributed by atoms with E-state index in [1.807, 2.05) is 30.3 Å². The first-order valence-corrected chi connectivity index (χ1v) is 10.5. The number of hydrogen-bond acceptors (Lipinski definition) is 3. The molecule has 0 aromatic heterocycles. The van der Waals surface area contributed by atoms with Crippen LogP contribution in [0.15, 0.2) is 53.7 Å². The van der Waals surface area contributed by atoms with Crippen LogP contribution in [0.3, 0.4) is 0 Å². The quantitative estimate of drug-likeness (QED) is 0.652. The summed E-state index contributed by atoms with van der Waals surface area (Å²) in [7, 11) is 0. The van der Waals surface area contributed by atoms with Gasteiger partial charge in [0.15, 0.2) is 6.10 Å². The van der Waals surface area contributed by atoms with Crippen molar-refractivity contribution in [2.45, 2.75) is 44.8 Å². The van der Waals surface area contributed by atoms with Crippen molar-refractivity contribution in [3.8, 4) is 0 Å². The van der Waals surface area contributed by atoms with Crippen LogP contribution in [0.1, 0.15) is 43.2 Å². The van der Waals surface area contributed by atoms with Crippen molar-refractivity contribution in [1.82, 2.24) is 4.90 Å². The molecule has 1 amide bonds. The van der Waals surface area contributed by atoms with E-state index < -0.39 is 0 Å². The highest BCUT2D eigenvalue weighted by Gasteiger charge is 2.32. The van der Waals surface area contributed by atoms with Crippen molar-refractivity contribution >= 4 is 23.2 Å². The first-order chi connectivity index (χ1) is 14.1. The maximum Gasteiger partial charge on any atom is 0.226 e. The van der Waals surface area contributed by atoms with E-state index in [4.69, 9.17) is 16.4 Å². The van der Waals surface area contributed by atoms with Crippen LogP contribution in [0.5, 0.6) is 0 Å². The maximum atomic E-state index is 13.6. The summed E-state index contributed by atoms with van der Waals surface area (Å²) >= 11 is 6.28. The van der Waals surface area contributed by atoms with E-state index in [0.717, 1.165) is 42.5 Å². The molecule has 1 aliphatic carbocycles. The molecule has 29 heavy (non-hydrogen) atoms. The Hall–Kier alpha value is -2.40. The van der Waals surface area contributed by atoms with Crippen molar-refractivity contribution < 1.29 is 14.0 Å². The van der Waals surface area contributed by atoms with E-state index in [1.165, 1.54) is 12.1 Å². The van der Waals surface area contributed by atoms with Crippen LogP contribution < -0.4 is 0 Å². The molecule has 0 unspecified atom stereocenters. The smallest absolute Gasteiger partial charge is 0.226 e. The number of halogens is 2. The second-order valence-corrected chi connectivity index (χ2v) is 8.19. The van der Waals surface area contributed by atoms with Crippen molar-refractivity contribution in [1.29, 1.82) is 0 Å². The van der Waals surface area contributed by atoms with Crippen LogP contribution in [0.25, 0.3) is 0 Å². The molecule has 6 heteroatoms. The lowest BCUT2D eigenvalue weighted by molar-refractivity contribution is -0.137. The van der Waals surface area contributed by atoms with Gasteiger partial charge in [-0.05, 0) is 36.6 Å². The molecule has 1 aliphatic heterocycles. The number of oxime groups is 1. The van der Waals surface area contributed by atoms with Crippen LogP contribution in [-0.4, -0.2) is 29.2 Å². The van der Waals surface area contributed by atoms with Crippen molar-refractivity contribution in [3.63, 3.8) is 0 Å². The van der Waals surface area contributed by atoms with E-state index in [0.29, 0.717) is 24.5 Å². The number of hydrogen-bond donors (Lipinski definition) is 0. The molecule has 2 aromatic carbocycles. The largest absolute Gasteiger partial charge is 0.390 e. The Morgan fingerprint density at radius 3 is 2.72 bits per heavy atom. The van der Waals surface area contributed by atoms with Crippen molar-refractivity contribution in [3.05, 3.63) is 70.5 Å². The lowest BCUT2D eigenvalue weighted by Crippen LogP contribution is -2.40. The molecule has 0 N–H and O–H groups in total. The molecule has 4 rings (SSSR count). The summed E-state index contributed by atoms with van der Waals surface area (Å²) in [4.78, 5) is 20.6. The first-order valence-electron chi connectivity index (χ1n) is 10.1. The number of rotatable bonds is 6. The summed E-state index contributed by atoms with van der Waals surface area (Å²) in [6.07, 6.45) is 4.37. The Morgan fingerprint density at radius 1 is 1.17 bits per heavy atom. The van der Waals surface area contributed by atoms with Crippen LogP contribution in [0, 0.1) is 11.7 Å². The van der Waals surface area contributed by atoms with E-state index in [2.05, 4.69) is 5.16 Å². The van der Waals surface area contributed by atoms with Crippen LogP contribution in [-0.2, 0) is 16.2 Å². The summed E-state index contributed by atoms with van der Waals surface area (Å²) in [6, 6.07) is 13.9. The third-order valence-electron chi connectivity index (χ3n) is 5.62. The van der Waals surface area contributed by atoms with Gasteiger partial charge >= 0.3 is 0 Å². The lowest BCUT2D eigenvalue weighted by Gasteiger charge is -2.27. The molecular weight excluding hydrogens is 391 g/mol. The Morgan fingerprint density at radius 2 is 1.97 bits per heavy atom. The third-order valence-corrected chi connectivity index (χ3v) is 5.95. The highest BCUT2D eigenvalue weighted by molar-refractivity contribution is 6.34. The average molecular weight is 415 g/mol. The van der Waals surface area contributed by atoms with Crippen molar-refractivity contribution in [2.24, 2.45) is 11.1 Å². The molecule has 0 bridgehead atoms. The molecule has 2 aliphatic rings. The average Bonchev–Trinajstić information content (AvgIpc) is 3.40. The fourth-order valence-electron chi connectivity index (χ4n) is 4.15. The molecule has 1 saturated carbocycles. The standard InChI is InChI=1S/C23H24ClFN2O2/c24-21-11-4-3-10-20(21)22-13-19(29-26-22)15-27(23(28)17-7-1-2-8-17)14-16-6-5-9-18(25)12-16/h3-6,9-12,17,19H,1-2,7-8,13-15H2/t19-/m1/s1. The number of carbonyl (C=O) groups is 1. The highest BCUT2D eigenvalue weighted by atomic mass is 35.5. The summed E-state index contributed by atoms with van der Waals surface area (Å²) in [6.45, 7) is 0.789. The summed E-state index contributed by atoms with van der Waals surface area (Å²) < 4.78 is 13.6. The zero-order valence-corrected chi connectivity index (χ0v) is 16.9. The van der Waals surface area contributed by atoms with E-state index in [-0.39, 0.29) is 23.7 Å². The molecule has 152 valence electrons. The minimum Gasteiger partial charge on any atom is -0.390 e. The normalized spacial score (nSPS) is 19.1. The molecule has 4 nitrogen and oxygen atoms in total. The molecular formula is C23H24ClFN2O2. The number of carbonyl (C=O) groups excluding carboxylic acids is 1. The Kier molecular flexibility index (Phi) is 6.14.